The normalized spacial score (nSPS) is 10.9. The van der Waals surface area contributed by atoms with Gasteiger partial charge in [0.1, 0.15) is 15.9 Å². The highest BCUT2D eigenvalue weighted by molar-refractivity contribution is 7.98. The molecule has 4 rings (SSSR count). The molecule has 1 heterocycles. The predicted molar refractivity (Wildman–Crippen MR) is 114 cm³/mol. The minimum atomic E-state index is -0.236. The van der Waals surface area contributed by atoms with Crippen LogP contribution in [0.1, 0.15) is 5.56 Å². The Morgan fingerprint density at radius 1 is 0.852 bits per heavy atom. The predicted octanol–water partition coefficient (Wildman–Crippen LogP) is 7.56. The molecule has 0 aliphatic rings. The fourth-order valence-corrected chi connectivity index (χ4v) is 4.99. The molecule has 134 valence electrons. The molecule has 0 amide bonds. The van der Waals surface area contributed by atoms with Gasteiger partial charge in [0.05, 0.1) is 4.88 Å². The lowest BCUT2D eigenvalue weighted by atomic mass is 10.2. The van der Waals surface area contributed by atoms with Crippen LogP contribution in [0.5, 0.6) is 0 Å². The van der Waals surface area contributed by atoms with Crippen LogP contribution in [0, 0.1) is 5.82 Å². The maximum Gasteiger partial charge on any atom is 0.125 e. The van der Waals surface area contributed by atoms with Gasteiger partial charge in [-0.05, 0) is 35.4 Å². The second kappa shape index (κ2) is 8.26. The minimum absolute atomic E-state index is 0.236. The van der Waals surface area contributed by atoms with Gasteiger partial charge in [0.2, 0.25) is 0 Å². The third kappa shape index (κ3) is 4.41. The molecule has 0 saturated heterocycles. The number of thiazole rings is 1. The van der Waals surface area contributed by atoms with E-state index in [4.69, 9.17) is 16.6 Å². The minimum Gasteiger partial charge on any atom is -0.229 e. The summed E-state index contributed by atoms with van der Waals surface area (Å²) in [5.74, 6) is 0.596. The molecule has 4 aromatic rings. The molecule has 0 fully saturated rings. The van der Waals surface area contributed by atoms with Gasteiger partial charge in [-0.15, -0.1) is 23.1 Å². The summed E-state index contributed by atoms with van der Waals surface area (Å²) >= 11 is 9.32. The van der Waals surface area contributed by atoms with Crippen LogP contribution in [-0.4, -0.2) is 4.98 Å². The Hall–Kier alpha value is -2.14. The maximum atomic E-state index is 13.4. The van der Waals surface area contributed by atoms with Crippen molar-refractivity contribution < 1.29 is 4.39 Å². The number of hydrogen-bond donors (Lipinski definition) is 0. The molecular weight excluding hydrogens is 397 g/mol. The van der Waals surface area contributed by atoms with E-state index in [1.54, 1.807) is 35.2 Å². The van der Waals surface area contributed by atoms with E-state index in [-0.39, 0.29) is 5.82 Å². The van der Waals surface area contributed by atoms with Crippen LogP contribution >= 0.6 is 34.7 Å². The summed E-state index contributed by atoms with van der Waals surface area (Å²) in [6.07, 6.45) is 0. The van der Waals surface area contributed by atoms with E-state index in [0.717, 1.165) is 31.8 Å². The molecule has 0 radical (unpaired) electrons. The summed E-state index contributed by atoms with van der Waals surface area (Å²) in [6.45, 7) is 0. The smallest absolute Gasteiger partial charge is 0.125 e. The van der Waals surface area contributed by atoms with E-state index in [2.05, 4.69) is 12.1 Å². The summed E-state index contributed by atoms with van der Waals surface area (Å²) in [5, 5.41) is 2.59. The number of rotatable bonds is 5. The SMILES string of the molecule is Fc1ccc(-c2sc(-c3ccc(Cl)cc3)nc2SCc2ccccc2)cc1. The van der Waals surface area contributed by atoms with E-state index < -0.39 is 0 Å². The number of benzene rings is 3. The summed E-state index contributed by atoms with van der Waals surface area (Å²) in [4.78, 5) is 5.93. The van der Waals surface area contributed by atoms with Crippen LogP contribution in [0.2, 0.25) is 5.02 Å². The Morgan fingerprint density at radius 2 is 1.52 bits per heavy atom. The lowest BCUT2D eigenvalue weighted by Gasteiger charge is -2.03. The van der Waals surface area contributed by atoms with Crippen molar-refractivity contribution in [2.75, 3.05) is 0 Å². The first-order chi connectivity index (χ1) is 13.2. The van der Waals surface area contributed by atoms with Gasteiger partial charge in [-0.3, -0.25) is 0 Å². The highest BCUT2D eigenvalue weighted by Gasteiger charge is 2.15. The Bertz CT molecular complexity index is 1030. The van der Waals surface area contributed by atoms with Crippen molar-refractivity contribution in [3.8, 4) is 21.0 Å². The zero-order chi connectivity index (χ0) is 18.6. The fraction of sp³-hybridized carbons (Fsp3) is 0.0455. The Balaban J connectivity index is 1.70. The molecule has 0 unspecified atom stereocenters. The number of thioether (sulfide) groups is 1. The lowest BCUT2D eigenvalue weighted by Crippen LogP contribution is -1.83. The Kier molecular flexibility index (Phi) is 5.58. The van der Waals surface area contributed by atoms with Crippen LogP contribution in [-0.2, 0) is 5.75 Å². The molecule has 0 N–H and O–H groups in total. The molecule has 0 aliphatic carbocycles. The lowest BCUT2D eigenvalue weighted by molar-refractivity contribution is 0.628. The van der Waals surface area contributed by atoms with E-state index in [0.29, 0.717) is 5.02 Å². The molecule has 3 aromatic carbocycles. The van der Waals surface area contributed by atoms with Gasteiger partial charge in [0.15, 0.2) is 0 Å². The zero-order valence-corrected chi connectivity index (χ0v) is 16.6. The fourth-order valence-electron chi connectivity index (χ4n) is 2.63. The first-order valence-electron chi connectivity index (χ1n) is 8.38. The molecular formula is C22H15ClFNS2. The zero-order valence-electron chi connectivity index (χ0n) is 14.2. The monoisotopic (exact) mass is 411 g/mol. The first kappa shape index (κ1) is 18.2. The molecule has 0 bridgehead atoms. The van der Waals surface area contributed by atoms with Crippen LogP contribution < -0.4 is 0 Å². The molecule has 0 atom stereocenters. The van der Waals surface area contributed by atoms with Crippen LogP contribution in [0.3, 0.4) is 0 Å². The largest absolute Gasteiger partial charge is 0.229 e. The van der Waals surface area contributed by atoms with Crippen molar-refractivity contribution in [2.24, 2.45) is 0 Å². The van der Waals surface area contributed by atoms with Crippen molar-refractivity contribution in [3.05, 3.63) is 95.3 Å². The molecule has 27 heavy (non-hydrogen) atoms. The molecule has 5 heteroatoms. The average Bonchev–Trinajstić information content (AvgIpc) is 3.12. The van der Waals surface area contributed by atoms with Crippen LogP contribution in [0.25, 0.3) is 21.0 Å². The molecule has 0 spiro atoms. The van der Waals surface area contributed by atoms with Crippen molar-refractivity contribution in [1.82, 2.24) is 4.98 Å². The average molecular weight is 412 g/mol. The van der Waals surface area contributed by atoms with Gasteiger partial charge in [0.25, 0.3) is 0 Å². The molecule has 0 saturated carbocycles. The van der Waals surface area contributed by atoms with Gasteiger partial charge < -0.3 is 0 Å². The van der Waals surface area contributed by atoms with Crippen molar-refractivity contribution >= 4 is 34.7 Å². The van der Waals surface area contributed by atoms with Gasteiger partial charge in [-0.25, -0.2) is 9.37 Å². The third-order valence-corrected chi connectivity index (χ3v) is 6.59. The Morgan fingerprint density at radius 3 is 2.22 bits per heavy atom. The summed E-state index contributed by atoms with van der Waals surface area (Å²) < 4.78 is 13.4. The third-order valence-electron chi connectivity index (χ3n) is 4.01. The van der Waals surface area contributed by atoms with Crippen LogP contribution in [0.15, 0.2) is 83.9 Å². The molecule has 1 aromatic heterocycles. The highest BCUT2D eigenvalue weighted by atomic mass is 35.5. The second-order valence-corrected chi connectivity index (χ2v) is 8.34. The highest BCUT2D eigenvalue weighted by Crippen LogP contribution is 2.41. The van der Waals surface area contributed by atoms with Gasteiger partial charge in [-0.2, -0.15) is 0 Å². The Labute approximate surface area is 170 Å². The quantitative estimate of drug-likeness (QED) is 0.314. The van der Waals surface area contributed by atoms with Crippen molar-refractivity contribution in [2.45, 2.75) is 10.8 Å². The van der Waals surface area contributed by atoms with Crippen LogP contribution in [0.4, 0.5) is 4.39 Å². The van der Waals surface area contributed by atoms with E-state index in [9.17, 15) is 4.39 Å². The number of hydrogen-bond acceptors (Lipinski definition) is 3. The number of halogens is 2. The first-order valence-corrected chi connectivity index (χ1v) is 10.6. The van der Waals surface area contributed by atoms with Gasteiger partial charge in [-0.1, -0.05) is 66.2 Å². The summed E-state index contributed by atoms with van der Waals surface area (Å²) in [5.41, 5.74) is 3.25. The van der Waals surface area contributed by atoms with E-state index in [1.165, 1.54) is 17.7 Å². The summed E-state index contributed by atoms with van der Waals surface area (Å²) in [6, 6.07) is 24.6. The second-order valence-electron chi connectivity index (χ2n) is 5.94. The van der Waals surface area contributed by atoms with E-state index in [1.807, 2.05) is 42.5 Å². The standard InChI is InChI=1S/C22H15ClFNS2/c23-18-10-6-17(7-11-18)21-25-22(26-14-15-4-2-1-3-5-15)20(27-21)16-8-12-19(24)13-9-16/h1-13H,14H2. The molecule has 0 aliphatic heterocycles. The van der Waals surface area contributed by atoms with Gasteiger partial charge in [0, 0.05) is 16.3 Å². The van der Waals surface area contributed by atoms with Crippen molar-refractivity contribution in [3.63, 3.8) is 0 Å². The van der Waals surface area contributed by atoms with E-state index >= 15 is 0 Å². The maximum absolute atomic E-state index is 13.4. The number of nitrogens with zero attached hydrogens (tertiary/aromatic N) is 1. The topological polar surface area (TPSA) is 12.9 Å². The van der Waals surface area contributed by atoms with Crippen molar-refractivity contribution in [1.29, 1.82) is 0 Å². The summed E-state index contributed by atoms with van der Waals surface area (Å²) in [7, 11) is 0. The number of aromatic nitrogens is 1. The van der Waals surface area contributed by atoms with Gasteiger partial charge >= 0.3 is 0 Å². The molecule has 1 nitrogen and oxygen atoms in total.